The van der Waals surface area contributed by atoms with Crippen molar-refractivity contribution in [2.45, 2.75) is 32.2 Å². The molecule has 0 radical (unpaired) electrons. The molecule has 2 unspecified atom stereocenters. The summed E-state index contributed by atoms with van der Waals surface area (Å²) in [6, 6.07) is 4.06. The van der Waals surface area contributed by atoms with Gasteiger partial charge in [0.1, 0.15) is 28.3 Å². The Labute approximate surface area is 183 Å². The first kappa shape index (κ1) is 22.2. The van der Waals surface area contributed by atoms with Crippen LogP contribution in [0.2, 0.25) is 0 Å². The summed E-state index contributed by atoms with van der Waals surface area (Å²) < 4.78 is 63.7. The zero-order valence-corrected chi connectivity index (χ0v) is 17.2. The number of carbonyl (C=O) groups excluding carboxylic acids is 2. The smallest absolute Gasteiger partial charge is 0.425 e. The summed E-state index contributed by atoms with van der Waals surface area (Å²) in [6.07, 6.45) is -2.70. The molecule has 0 saturated carbocycles. The van der Waals surface area contributed by atoms with E-state index in [-0.39, 0.29) is 22.3 Å². The normalized spacial score (nSPS) is 13.8. The van der Waals surface area contributed by atoms with Gasteiger partial charge in [0.15, 0.2) is 11.8 Å². The molecule has 0 spiro atoms. The first-order valence-corrected chi connectivity index (χ1v) is 9.64. The molecule has 0 bridgehead atoms. The molecule has 0 fully saturated rings. The Morgan fingerprint density at radius 2 is 1.94 bits per heavy atom. The number of fused-ring (bicyclic) bond motifs is 2. The molecule has 0 aliphatic heterocycles. The van der Waals surface area contributed by atoms with Crippen molar-refractivity contribution in [3.8, 4) is 0 Å². The molecule has 0 aliphatic carbocycles. The number of carbonyl (C=O) groups is 2. The van der Waals surface area contributed by atoms with Gasteiger partial charge in [-0.15, -0.1) is 0 Å². The molecule has 172 valence electrons. The number of hydrogen-bond donors (Lipinski definition) is 1. The number of rotatable bonds is 5. The van der Waals surface area contributed by atoms with Gasteiger partial charge in [-0.25, -0.2) is 18.7 Å². The van der Waals surface area contributed by atoms with Gasteiger partial charge in [0.05, 0.1) is 12.2 Å². The van der Waals surface area contributed by atoms with Gasteiger partial charge in [-0.2, -0.15) is 18.3 Å². The molecule has 4 aromatic rings. The maximum absolute atomic E-state index is 14.0. The standard InChI is InChI=1S/C21H16F4N4O4/c1-10(28-19(30)15-9-27-29-5-3-4-26-18(15)29)16-7-12-6-13(22)8-14(17(12)33-16)20(31)32-11(2)21(23,24)25/h3-11H,1-2H3,(H,28,30). The van der Waals surface area contributed by atoms with Crippen molar-refractivity contribution in [3.63, 3.8) is 0 Å². The number of aromatic nitrogens is 3. The number of furan rings is 1. The number of amides is 1. The summed E-state index contributed by atoms with van der Waals surface area (Å²) in [7, 11) is 0. The number of hydrogen-bond acceptors (Lipinski definition) is 6. The van der Waals surface area contributed by atoms with Crippen LogP contribution in [-0.4, -0.2) is 38.8 Å². The molecule has 2 atom stereocenters. The van der Waals surface area contributed by atoms with Crippen molar-refractivity contribution in [1.29, 1.82) is 0 Å². The second kappa shape index (κ2) is 8.19. The van der Waals surface area contributed by atoms with Crippen LogP contribution < -0.4 is 5.32 Å². The van der Waals surface area contributed by atoms with Crippen molar-refractivity contribution in [2.24, 2.45) is 0 Å². The lowest BCUT2D eigenvalue weighted by Gasteiger charge is -2.16. The minimum absolute atomic E-state index is 0.121. The second-order valence-corrected chi connectivity index (χ2v) is 7.25. The quantitative estimate of drug-likeness (QED) is 0.351. The zero-order chi connectivity index (χ0) is 23.9. The predicted octanol–water partition coefficient (Wildman–Crippen LogP) is 4.21. The third-order valence-corrected chi connectivity index (χ3v) is 4.86. The van der Waals surface area contributed by atoms with Gasteiger partial charge >= 0.3 is 12.1 Å². The van der Waals surface area contributed by atoms with Crippen molar-refractivity contribution in [3.05, 3.63) is 65.6 Å². The van der Waals surface area contributed by atoms with Gasteiger partial charge < -0.3 is 14.5 Å². The Balaban J connectivity index is 1.60. The summed E-state index contributed by atoms with van der Waals surface area (Å²) in [5.41, 5.74) is -0.130. The van der Waals surface area contributed by atoms with Crippen LogP contribution in [0.15, 0.2) is 47.3 Å². The minimum atomic E-state index is -4.78. The average molecular weight is 464 g/mol. The molecule has 8 nitrogen and oxygen atoms in total. The highest BCUT2D eigenvalue weighted by molar-refractivity contribution is 6.02. The number of ether oxygens (including phenoxy) is 1. The van der Waals surface area contributed by atoms with Crippen LogP contribution >= 0.6 is 0 Å². The fourth-order valence-corrected chi connectivity index (χ4v) is 3.13. The van der Waals surface area contributed by atoms with E-state index in [0.29, 0.717) is 12.6 Å². The summed E-state index contributed by atoms with van der Waals surface area (Å²) in [5, 5.41) is 6.84. The minimum Gasteiger partial charge on any atom is -0.458 e. The molecule has 0 aliphatic rings. The number of halogens is 4. The Morgan fingerprint density at radius 3 is 2.67 bits per heavy atom. The first-order chi connectivity index (χ1) is 15.5. The fraction of sp³-hybridized carbons (Fsp3) is 0.238. The molecule has 3 heterocycles. The first-order valence-electron chi connectivity index (χ1n) is 9.64. The monoisotopic (exact) mass is 464 g/mol. The van der Waals surface area contributed by atoms with E-state index >= 15 is 0 Å². The SMILES string of the molecule is CC(NC(=O)c1cnn2cccnc12)c1cc2cc(F)cc(C(=O)OC(C)C(F)(F)F)c2o1. The lowest BCUT2D eigenvalue weighted by molar-refractivity contribution is -0.198. The third kappa shape index (κ3) is 4.36. The van der Waals surface area contributed by atoms with Crippen molar-refractivity contribution in [1.82, 2.24) is 19.9 Å². The van der Waals surface area contributed by atoms with Gasteiger partial charge in [0.2, 0.25) is 0 Å². The molecule has 1 amide bonds. The average Bonchev–Trinajstić information content (AvgIpc) is 3.36. The number of benzene rings is 1. The van der Waals surface area contributed by atoms with E-state index in [1.165, 1.54) is 23.0 Å². The fourth-order valence-electron chi connectivity index (χ4n) is 3.13. The second-order valence-electron chi connectivity index (χ2n) is 7.25. The molecule has 12 heteroatoms. The number of nitrogens with one attached hydrogen (secondary N) is 1. The van der Waals surface area contributed by atoms with Crippen molar-refractivity contribution >= 4 is 28.5 Å². The van der Waals surface area contributed by atoms with Crippen molar-refractivity contribution < 1.29 is 36.3 Å². The lowest BCUT2D eigenvalue weighted by Crippen LogP contribution is -2.31. The molecule has 1 aromatic carbocycles. The van der Waals surface area contributed by atoms with Crippen LogP contribution in [0, 0.1) is 5.82 Å². The van der Waals surface area contributed by atoms with Gasteiger partial charge in [0.25, 0.3) is 5.91 Å². The van der Waals surface area contributed by atoms with Crippen LogP contribution in [0.5, 0.6) is 0 Å². The molecule has 0 saturated heterocycles. The molecule has 4 rings (SSSR count). The largest absolute Gasteiger partial charge is 0.458 e. The Hall–Kier alpha value is -3.96. The summed E-state index contributed by atoms with van der Waals surface area (Å²) in [4.78, 5) is 29.0. The van der Waals surface area contributed by atoms with Crippen LogP contribution in [0.3, 0.4) is 0 Å². The molecular formula is C21H16F4N4O4. The highest BCUT2D eigenvalue weighted by Crippen LogP contribution is 2.30. The Bertz CT molecular complexity index is 1360. The van der Waals surface area contributed by atoms with Crippen LogP contribution in [0.4, 0.5) is 17.6 Å². The topological polar surface area (TPSA) is 98.7 Å². The van der Waals surface area contributed by atoms with E-state index in [1.807, 2.05) is 0 Å². The molecule has 3 aromatic heterocycles. The van der Waals surface area contributed by atoms with Crippen LogP contribution in [0.1, 0.15) is 46.4 Å². The van der Waals surface area contributed by atoms with Crippen molar-refractivity contribution in [2.75, 3.05) is 0 Å². The van der Waals surface area contributed by atoms with E-state index in [9.17, 15) is 27.2 Å². The number of esters is 1. The van der Waals surface area contributed by atoms with E-state index in [1.54, 1.807) is 19.2 Å². The van der Waals surface area contributed by atoms with Gasteiger partial charge in [-0.3, -0.25) is 4.79 Å². The van der Waals surface area contributed by atoms with E-state index in [4.69, 9.17) is 4.42 Å². The van der Waals surface area contributed by atoms with Crippen LogP contribution in [0.25, 0.3) is 16.6 Å². The molecular weight excluding hydrogens is 448 g/mol. The molecule has 33 heavy (non-hydrogen) atoms. The Kier molecular flexibility index (Phi) is 5.52. The number of nitrogens with zero attached hydrogens (tertiary/aromatic N) is 3. The highest BCUT2D eigenvalue weighted by Gasteiger charge is 2.39. The summed E-state index contributed by atoms with van der Waals surface area (Å²) in [5.74, 6) is -2.62. The highest BCUT2D eigenvalue weighted by atomic mass is 19.4. The Morgan fingerprint density at radius 1 is 1.18 bits per heavy atom. The summed E-state index contributed by atoms with van der Waals surface area (Å²) >= 11 is 0. The zero-order valence-electron chi connectivity index (χ0n) is 17.2. The van der Waals surface area contributed by atoms with Gasteiger partial charge in [-0.1, -0.05) is 0 Å². The summed E-state index contributed by atoms with van der Waals surface area (Å²) in [6.45, 7) is 2.24. The van der Waals surface area contributed by atoms with E-state index < -0.39 is 41.6 Å². The van der Waals surface area contributed by atoms with E-state index in [0.717, 1.165) is 12.1 Å². The van der Waals surface area contributed by atoms with Crippen LogP contribution in [-0.2, 0) is 4.74 Å². The third-order valence-electron chi connectivity index (χ3n) is 4.86. The van der Waals surface area contributed by atoms with E-state index in [2.05, 4.69) is 20.1 Å². The predicted molar refractivity (Wildman–Crippen MR) is 106 cm³/mol. The number of alkyl halides is 3. The van der Waals surface area contributed by atoms with Gasteiger partial charge in [0, 0.05) is 17.8 Å². The maximum atomic E-state index is 14.0. The maximum Gasteiger partial charge on any atom is 0.425 e. The lowest BCUT2D eigenvalue weighted by atomic mass is 10.1. The molecule has 1 N–H and O–H groups in total. The van der Waals surface area contributed by atoms with Gasteiger partial charge in [-0.05, 0) is 38.1 Å².